The molecule has 3 aromatic carbocycles. The fraction of sp³-hybridized carbons (Fsp3) is 0.150. The van der Waals surface area contributed by atoms with Crippen molar-refractivity contribution in [2.75, 3.05) is 20.2 Å². The topological polar surface area (TPSA) is 29.5 Å². The van der Waals surface area contributed by atoms with Gasteiger partial charge >= 0.3 is 0 Å². The standard InChI is InChI=1S/C20H18ClNO2/c1-22(12-13-24-19-10-8-18(21)9-11-19)20(23)17-7-6-15-4-2-3-5-16(15)14-17/h2-11,14H,12-13H2,1H3. The Bertz CT molecular complexity index is 846. The third-order valence-electron chi connectivity index (χ3n) is 3.85. The van der Waals surface area contributed by atoms with Crippen LogP contribution in [0, 0.1) is 0 Å². The minimum Gasteiger partial charge on any atom is -0.492 e. The van der Waals surface area contributed by atoms with Gasteiger partial charge in [-0.25, -0.2) is 0 Å². The average Bonchev–Trinajstić information content (AvgIpc) is 2.62. The van der Waals surface area contributed by atoms with Crippen LogP contribution >= 0.6 is 11.6 Å². The zero-order valence-electron chi connectivity index (χ0n) is 13.4. The number of rotatable bonds is 5. The highest BCUT2D eigenvalue weighted by Crippen LogP contribution is 2.17. The van der Waals surface area contributed by atoms with Crippen molar-refractivity contribution in [3.63, 3.8) is 0 Å². The number of nitrogens with zero attached hydrogens (tertiary/aromatic N) is 1. The summed E-state index contributed by atoms with van der Waals surface area (Å²) >= 11 is 5.84. The van der Waals surface area contributed by atoms with Gasteiger partial charge in [0, 0.05) is 17.6 Å². The Hall–Kier alpha value is -2.52. The van der Waals surface area contributed by atoms with Gasteiger partial charge in [0.1, 0.15) is 12.4 Å². The van der Waals surface area contributed by atoms with Crippen molar-refractivity contribution in [1.82, 2.24) is 4.90 Å². The molecular weight excluding hydrogens is 322 g/mol. The van der Waals surface area contributed by atoms with Gasteiger partial charge in [-0.15, -0.1) is 0 Å². The summed E-state index contributed by atoms with van der Waals surface area (Å²) in [4.78, 5) is 14.2. The lowest BCUT2D eigenvalue weighted by atomic mass is 10.1. The molecule has 0 radical (unpaired) electrons. The van der Waals surface area contributed by atoms with Crippen molar-refractivity contribution in [3.05, 3.63) is 77.3 Å². The zero-order chi connectivity index (χ0) is 16.9. The second-order valence-electron chi connectivity index (χ2n) is 5.59. The fourth-order valence-electron chi connectivity index (χ4n) is 2.48. The fourth-order valence-corrected chi connectivity index (χ4v) is 2.60. The molecule has 0 saturated carbocycles. The molecule has 0 unspecified atom stereocenters. The van der Waals surface area contributed by atoms with Crippen molar-refractivity contribution in [3.8, 4) is 5.75 Å². The number of hydrogen-bond acceptors (Lipinski definition) is 2. The number of hydrogen-bond donors (Lipinski definition) is 0. The highest BCUT2D eigenvalue weighted by molar-refractivity contribution is 6.30. The van der Waals surface area contributed by atoms with Crippen LogP contribution in [0.2, 0.25) is 5.02 Å². The maximum Gasteiger partial charge on any atom is 0.253 e. The molecule has 1 amide bonds. The molecule has 0 bridgehead atoms. The van der Waals surface area contributed by atoms with E-state index in [1.807, 2.05) is 54.6 Å². The molecule has 0 heterocycles. The Morgan fingerprint density at radius 1 is 1.00 bits per heavy atom. The van der Waals surface area contributed by atoms with E-state index in [9.17, 15) is 4.79 Å². The van der Waals surface area contributed by atoms with E-state index in [2.05, 4.69) is 0 Å². The van der Waals surface area contributed by atoms with Crippen LogP contribution < -0.4 is 4.74 Å². The summed E-state index contributed by atoms with van der Waals surface area (Å²) in [5.74, 6) is 0.728. The minimum absolute atomic E-state index is 0.0135. The van der Waals surface area contributed by atoms with Crippen LogP contribution in [0.3, 0.4) is 0 Å². The van der Waals surface area contributed by atoms with Crippen molar-refractivity contribution in [1.29, 1.82) is 0 Å². The molecule has 0 aliphatic rings. The number of carbonyl (C=O) groups is 1. The van der Waals surface area contributed by atoms with Crippen LogP contribution in [0.25, 0.3) is 10.8 Å². The van der Waals surface area contributed by atoms with Gasteiger partial charge < -0.3 is 9.64 Å². The van der Waals surface area contributed by atoms with Gasteiger partial charge in [-0.05, 0) is 47.2 Å². The minimum atomic E-state index is -0.0135. The van der Waals surface area contributed by atoms with E-state index in [0.29, 0.717) is 23.7 Å². The van der Waals surface area contributed by atoms with Crippen LogP contribution in [0.15, 0.2) is 66.7 Å². The molecule has 0 atom stereocenters. The van der Waals surface area contributed by atoms with Crippen LogP contribution in [-0.4, -0.2) is 31.0 Å². The molecule has 24 heavy (non-hydrogen) atoms. The summed E-state index contributed by atoms with van der Waals surface area (Å²) in [5.41, 5.74) is 0.683. The van der Waals surface area contributed by atoms with Gasteiger partial charge in [-0.3, -0.25) is 4.79 Å². The van der Waals surface area contributed by atoms with Crippen LogP contribution in [-0.2, 0) is 0 Å². The summed E-state index contributed by atoms with van der Waals surface area (Å²) in [7, 11) is 1.78. The average molecular weight is 340 g/mol. The lowest BCUT2D eigenvalue weighted by Gasteiger charge is -2.18. The van der Waals surface area contributed by atoms with E-state index < -0.39 is 0 Å². The Morgan fingerprint density at radius 2 is 1.71 bits per heavy atom. The van der Waals surface area contributed by atoms with Crippen molar-refractivity contribution < 1.29 is 9.53 Å². The molecule has 0 spiro atoms. The van der Waals surface area contributed by atoms with Crippen LogP contribution in [0.4, 0.5) is 0 Å². The SMILES string of the molecule is CN(CCOc1ccc(Cl)cc1)C(=O)c1ccc2ccccc2c1. The first kappa shape index (κ1) is 16.3. The maximum atomic E-state index is 12.5. The number of ether oxygens (including phenoxy) is 1. The van der Waals surface area contributed by atoms with E-state index in [1.165, 1.54) is 0 Å². The molecule has 0 fully saturated rings. The van der Waals surface area contributed by atoms with E-state index in [4.69, 9.17) is 16.3 Å². The third-order valence-corrected chi connectivity index (χ3v) is 4.10. The van der Waals surface area contributed by atoms with E-state index in [-0.39, 0.29) is 5.91 Å². The van der Waals surface area contributed by atoms with Crippen molar-refractivity contribution in [2.45, 2.75) is 0 Å². The number of halogens is 1. The van der Waals surface area contributed by atoms with Gasteiger partial charge in [0.05, 0.1) is 6.54 Å². The summed E-state index contributed by atoms with van der Waals surface area (Å²) < 4.78 is 5.64. The second-order valence-corrected chi connectivity index (χ2v) is 6.03. The monoisotopic (exact) mass is 339 g/mol. The summed E-state index contributed by atoms with van der Waals surface area (Å²) in [5, 5.41) is 2.86. The van der Waals surface area contributed by atoms with E-state index in [0.717, 1.165) is 16.5 Å². The number of amides is 1. The number of benzene rings is 3. The number of fused-ring (bicyclic) bond motifs is 1. The lowest BCUT2D eigenvalue weighted by molar-refractivity contribution is 0.0774. The van der Waals surface area contributed by atoms with E-state index >= 15 is 0 Å². The largest absolute Gasteiger partial charge is 0.492 e. The molecule has 0 N–H and O–H groups in total. The normalized spacial score (nSPS) is 10.6. The van der Waals surface area contributed by atoms with Crippen LogP contribution in [0.1, 0.15) is 10.4 Å². The number of likely N-dealkylation sites (N-methyl/N-ethyl adjacent to an activating group) is 1. The summed E-state index contributed by atoms with van der Waals surface area (Å²) in [6.45, 7) is 0.936. The number of carbonyl (C=O) groups excluding carboxylic acids is 1. The molecule has 4 heteroatoms. The van der Waals surface area contributed by atoms with Gasteiger partial charge in [0.2, 0.25) is 0 Å². The molecule has 3 aromatic rings. The van der Waals surface area contributed by atoms with Gasteiger partial charge in [-0.1, -0.05) is 41.9 Å². The predicted molar refractivity (Wildman–Crippen MR) is 97.9 cm³/mol. The maximum absolute atomic E-state index is 12.5. The Morgan fingerprint density at radius 3 is 2.46 bits per heavy atom. The van der Waals surface area contributed by atoms with Gasteiger partial charge in [0.15, 0.2) is 0 Å². The first-order chi connectivity index (χ1) is 11.6. The Kier molecular flexibility index (Phi) is 5.02. The highest BCUT2D eigenvalue weighted by Gasteiger charge is 2.12. The van der Waals surface area contributed by atoms with Crippen molar-refractivity contribution in [2.24, 2.45) is 0 Å². The van der Waals surface area contributed by atoms with Gasteiger partial charge in [0.25, 0.3) is 5.91 Å². The highest BCUT2D eigenvalue weighted by atomic mass is 35.5. The molecule has 0 aromatic heterocycles. The molecule has 122 valence electrons. The third kappa shape index (κ3) is 3.87. The Balaban J connectivity index is 1.60. The predicted octanol–water partition coefficient (Wildman–Crippen LogP) is 4.64. The first-order valence-electron chi connectivity index (χ1n) is 7.76. The van der Waals surface area contributed by atoms with Gasteiger partial charge in [-0.2, -0.15) is 0 Å². The Labute approximate surface area is 146 Å². The zero-order valence-corrected chi connectivity index (χ0v) is 14.2. The molecular formula is C20H18ClNO2. The van der Waals surface area contributed by atoms with Crippen LogP contribution in [0.5, 0.6) is 5.75 Å². The molecule has 3 nitrogen and oxygen atoms in total. The lowest BCUT2D eigenvalue weighted by Crippen LogP contribution is -2.30. The second kappa shape index (κ2) is 7.37. The summed E-state index contributed by atoms with van der Waals surface area (Å²) in [6, 6.07) is 21.0. The molecule has 0 aliphatic heterocycles. The molecule has 0 saturated heterocycles. The smallest absolute Gasteiger partial charge is 0.253 e. The van der Waals surface area contributed by atoms with E-state index in [1.54, 1.807) is 24.1 Å². The quantitative estimate of drug-likeness (QED) is 0.677. The molecule has 3 rings (SSSR count). The van der Waals surface area contributed by atoms with Crippen molar-refractivity contribution >= 4 is 28.3 Å². The summed E-state index contributed by atoms with van der Waals surface area (Å²) in [6.07, 6.45) is 0. The first-order valence-corrected chi connectivity index (χ1v) is 8.14. The molecule has 0 aliphatic carbocycles.